The predicted octanol–water partition coefficient (Wildman–Crippen LogP) is -0.166. The van der Waals surface area contributed by atoms with Gasteiger partial charge < -0.3 is 15.5 Å². The molecule has 8 nitrogen and oxygen atoms in total. The van der Waals surface area contributed by atoms with Gasteiger partial charge in [0, 0.05) is 39.8 Å². The summed E-state index contributed by atoms with van der Waals surface area (Å²) in [7, 11) is 0.297. The van der Waals surface area contributed by atoms with Gasteiger partial charge in [0.15, 0.2) is 5.96 Å². The molecule has 2 N–H and O–H groups in total. The van der Waals surface area contributed by atoms with E-state index in [0.717, 1.165) is 25.8 Å². The summed E-state index contributed by atoms with van der Waals surface area (Å²) < 4.78 is 25.3. The first-order chi connectivity index (χ1) is 11.3. The van der Waals surface area contributed by atoms with E-state index in [9.17, 15) is 13.2 Å². The van der Waals surface area contributed by atoms with Crippen LogP contribution in [-0.2, 0) is 14.8 Å². The van der Waals surface area contributed by atoms with Crippen molar-refractivity contribution >= 4 is 21.9 Å². The van der Waals surface area contributed by atoms with Gasteiger partial charge in [-0.25, -0.2) is 17.7 Å². The monoisotopic (exact) mass is 361 g/mol. The highest BCUT2D eigenvalue weighted by Crippen LogP contribution is 2.14. The van der Waals surface area contributed by atoms with Gasteiger partial charge in [0.05, 0.1) is 5.75 Å². The minimum atomic E-state index is -3.11. The van der Waals surface area contributed by atoms with Gasteiger partial charge in [-0.2, -0.15) is 0 Å². The standard InChI is InChI=1S/C15H31N5O3S/c1-5-9-16-15(17-12-14(21)19(3)4)18-13-7-10-20(11-8-13)24(22,23)6-2/h13H,5-12H2,1-4H3,(H2,16,17,18). The Labute approximate surface area is 145 Å². The highest BCUT2D eigenvalue weighted by molar-refractivity contribution is 7.89. The number of guanidine groups is 1. The molecule has 1 aliphatic rings. The van der Waals surface area contributed by atoms with Crippen LogP contribution in [0.1, 0.15) is 33.1 Å². The van der Waals surface area contributed by atoms with Crippen molar-refractivity contribution in [2.24, 2.45) is 4.99 Å². The predicted molar refractivity (Wildman–Crippen MR) is 96.5 cm³/mol. The number of piperidine rings is 1. The van der Waals surface area contributed by atoms with Crippen LogP contribution in [0.25, 0.3) is 0 Å². The second-order valence-corrected chi connectivity index (χ2v) is 8.36. The maximum atomic E-state index is 11.9. The summed E-state index contributed by atoms with van der Waals surface area (Å²) in [5, 5.41) is 6.52. The van der Waals surface area contributed by atoms with Gasteiger partial charge in [-0.3, -0.25) is 4.79 Å². The van der Waals surface area contributed by atoms with Crippen molar-refractivity contribution in [3.63, 3.8) is 0 Å². The zero-order valence-corrected chi connectivity index (χ0v) is 16.0. The van der Waals surface area contributed by atoms with Crippen LogP contribution >= 0.6 is 0 Å². The second-order valence-electron chi connectivity index (χ2n) is 6.10. The average molecular weight is 362 g/mol. The third kappa shape index (κ3) is 6.64. The van der Waals surface area contributed by atoms with Crippen molar-refractivity contribution in [3.8, 4) is 0 Å². The minimum absolute atomic E-state index is 0.0588. The molecular formula is C15H31N5O3S. The number of sulfonamides is 1. The smallest absolute Gasteiger partial charge is 0.243 e. The van der Waals surface area contributed by atoms with E-state index >= 15 is 0 Å². The van der Waals surface area contributed by atoms with E-state index in [1.54, 1.807) is 25.3 Å². The Bertz CT molecular complexity index is 525. The number of hydrogen-bond donors (Lipinski definition) is 2. The van der Waals surface area contributed by atoms with Crippen molar-refractivity contribution in [3.05, 3.63) is 0 Å². The largest absolute Gasteiger partial charge is 0.356 e. The van der Waals surface area contributed by atoms with Crippen LogP contribution in [0.2, 0.25) is 0 Å². The Morgan fingerprint density at radius 2 is 1.88 bits per heavy atom. The van der Waals surface area contributed by atoms with Crippen molar-refractivity contribution in [2.75, 3.05) is 46.0 Å². The SMILES string of the molecule is CCCNC(=NCC(=O)N(C)C)NC1CCN(S(=O)(=O)CC)CC1. The van der Waals surface area contributed by atoms with Crippen molar-refractivity contribution < 1.29 is 13.2 Å². The highest BCUT2D eigenvalue weighted by Gasteiger charge is 2.27. The summed E-state index contributed by atoms with van der Waals surface area (Å²) >= 11 is 0. The van der Waals surface area contributed by atoms with Crippen LogP contribution in [0.3, 0.4) is 0 Å². The molecule has 1 rings (SSSR count). The van der Waals surface area contributed by atoms with E-state index in [1.165, 1.54) is 4.90 Å². The lowest BCUT2D eigenvalue weighted by molar-refractivity contribution is -0.127. The Morgan fingerprint density at radius 3 is 2.38 bits per heavy atom. The molecule has 24 heavy (non-hydrogen) atoms. The van der Waals surface area contributed by atoms with Crippen molar-refractivity contribution in [1.82, 2.24) is 19.8 Å². The fourth-order valence-corrected chi connectivity index (χ4v) is 3.47. The fraction of sp³-hybridized carbons (Fsp3) is 0.867. The molecule has 0 saturated carbocycles. The molecule has 9 heteroatoms. The number of carbonyl (C=O) groups is 1. The van der Waals surface area contributed by atoms with E-state index in [1.807, 2.05) is 0 Å². The van der Waals surface area contributed by atoms with Crippen molar-refractivity contribution in [1.29, 1.82) is 0 Å². The molecule has 1 heterocycles. The number of amides is 1. The summed E-state index contributed by atoms with van der Waals surface area (Å²) in [6.07, 6.45) is 2.41. The summed E-state index contributed by atoms with van der Waals surface area (Å²) in [6, 6.07) is 0.158. The van der Waals surface area contributed by atoms with Crippen LogP contribution in [0.4, 0.5) is 0 Å². The number of hydrogen-bond acceptors (Lipinski definition) is 4. The zero-order valence-electron chi connectivity index (χ0n) is 15.2. The molecule has 1 saturated heterocycles. The number of nitrogens with one attached hydrogen (secondary N) is 2. The number of likely N-dealkylation sites (N-methyl/N-ethyl adjacent to an activating group) is 1. The van der Waals surface area contributed by atoms with E-state index in [2.05, 4.69) is 22.5 Å². The summed E-state index contributed by atoms with van der Waals surface area (Å²) in [6.45, 7) is 5.63. The molecular weight excluding hydrogens is 330 g/mol. The normalized spacial score (nSPS) is 17.6. The highest BCUT2D eigenvalue weighted by atomic mass is 32.2. The van der Waals surface area contributed by atoms with Gasteiger partial charge in [0.25, 0.3) is 0 Å². The van der Waals surface area contributed by atoms with Gasteiger partial charge in [-0.05, 0) is 26.2 Å². The molecule has 0 atom stereocenters. The molecule has 0 bridgehead atoms. The maximum Gasteiger partial charge on any atom is 0.243 e. The number of carbonyl (C=O) groups excluding carboxylic acids is 1. The third-order valence-corrected chi connectivity index (χ3v) is 5.85. The number of nitrogens with zero attached hydrogens (tertiary/aromatic N) is 3. The molecule has 0 spiro atoms. The maximum absolute atomic E-state index is 11.9. The minimum Gasteiger partial charge on any atom is -0.356 e. The van der Waals surface area contributed by atoms with E-state index < -0.39 is 10.0 Å². The van der Waals surface area contributed by atoms with Crippen LogP contribution in [0, 0.1) is 0 Å². The molecule has 1 aliphatic heterocycles. The molecule has 0 unspecified atom stereocenters. The van der Waals surface area contributed by atoms with E-state index in [4.69, 9.17) is 0 Å². The number of aliphatic imine (C=N–C) groups is 1. The third-order valence-electron chi connectivity index (χ3n) is 3.97. The van der Waals surface area contributed by atoms with Gasteiger partial charge >= 0.3 is 0 Å². The molecule has 0 radical (unpaired) electrons. The molecule has 1 fully saturated rings. The molecule has 140 valence electrons. The van der Waals surface area contributed by atoms with Crippen LogP contribution in [-0.4, -0.2) is 81.6 Å². The number of rotatable bonds is 7. The second kappa shape index (κ2) is 9.83. The van der Waals surface area contributed by atoms with Gasteiger partial charge in [0.2, 0.25) is 15.9 Å². The quantitative estimate of drug-likeness (QED) is 0.485. The molecule has 0 aromatic carbocycles. The Balaban J connectivity index is 2.59. The molecule has 0 aromatic rings. The van der Waals surface area contributed by atoms with Gasteiger partial charge in [0.1, 0.15) is 6.54 Å². The fourth-order valence-electron chi connectivity index (χ4n) is 2.34. The summed E-state index contributed by atoms with van der Waals surface area (Å²) in [5.41, 5.74) is 0. The van der Waals surface area contributed by atoms with E-state index in [0.29, 0.717) is 19.0 Å². The first-order valence-electron chi connectivity index (χ1n) is 8.53. The topological polar surface area (TPSA) is 94.1 Å². The Morgan fingerprint density at radius 1 is 1.25 bits per heavy atom. The van der Waals surface area contributed by atoms with Gasteiger partial charge in [-0.15, -0.1) is 0 Å². The first kappa shape index (κ1) is 20.7. The van der Waals surface area contributed by atoms with Crippen molar-refractivity contribution in [2.45, 2.75) is 39.2 Å². The Hall–Kier alpha value is -1.35. The first-order valence-corrected chi connectivity index (χ1v) is 10.1. The zero-order chi connectivity index (χ0) is 18.2. The van der Waals surface area contributed by atoms with E-state index in [-0.39, 0.29) is 24.2 Å². The molecule has 0 aromatic heterocycles. The van der Waals surface area contributed by atoms with Crippen LogP contribution in [0.5, 0.6) is 0 Å². The van der Waals surface area contributed by atoms with Gasteiger partial charge in [-0.1, -0.05) is 6.92 Å². The van der Waals surface area contributed by atoms with Crippen LogP contribution < -0.4 is 10.6 Å². The molecule has 1 amide bonds. The van der Waals surface area contributed by atoms with Crippen LogP contribution in [0.15, 0.2) is 4.99 Å². The Kier molecular flexibility index (Phi) is 8.47. The lowest BCUT2D eigenvalue weighted by atomic mass is 10.1. The lowest BCUT2D eigenvalue weighted by Gasteiger charge is -2.32. The summed E-state index contributed by atoms with van der Waals surface area (Å²) in [4.78, 5) is 17.5. The molecule has 0 aliphatic carbocycles. The summed E-state index contributed by atoms with van der Waals surface area (Å²) in [5.74, 6) is 0.697. The lowest BCUT2D eigenvalue weighted by Crippen LogP contribution is -2.50. The average Bonchev–Trinajstić information content (AvgIpc) is 2.57.